The van der Waals surface area contributed by atoms with E-state index >= 15 is 0 Å². The van der Waals surface area contributed by atoms with Gasteiger partial charge in [0.1, 0.15) is 12.4 Å². The molecule has 0 saturated heterocycles. The summed E-state index contributed by atoms with van der Waals surface area (Å²) < 4.78 is 5.61. The molecule has 0 spiro atoms. The zero-order valence-corrected chi connectivity index (χ0v) is 9.71. The fourth-order valence-electron chi connectivity index (χ4n) is 1.44. The first-order chi connectivity index (χ1) is 7.06. The summed E-state index contributed by atoms with van der Waals surface area (Å²) in [6, 6.07) is 3.99. The predicted molar refractivity (Wildman–Crippen MR) is 65.4 cm³/mol. The first-order valence-electron chi connectivity index (χ1n) is 5.20. The van der Waals surface area contributed by atoms with E-state index in [2.05, 4.69) is 20.4 Å². The SMILES string of the molecule is C=CCOc1cc(C)c(N)cc1C(C)C. The molecule has 0 aromatic heterocycles. The van der Waals surface area contributed by atoms with Gasteiger partial charge in [-0.2, -0.15) is 0 Å². The molecule has 0 saturated carbocycles. The molecule has 0 unspecified atom stereocenters. The number of benzene rings is 1. The lowest BCUT2D eigenvalue weighted by Gasteiger charge is -2.15. The molecule has 2 N–H and O–H groups in total. The van der Waals surface area contributed by atoms with E-state index in [4.69, 9.17) is 10.5 Å². The Balaban J connectivity index is 3.09. The van der Waals surface area contributed by atoms with Crippen LogP contribution < -0.4 is 10.5 Å². The number of hydrogen-bond acceptors (Lipinski definition) is 2. The summed E-state index contributed by atoms with van der Waals surface area (Å²) in [4.78, 5) is 0. The standard InChI is InChI=1S/C13H19NO/c1-5-6-15-13-7-10(4)12(14)8-11(13)9(2)3/h5,7-9H,1,6,14H2,2-4H3. The van der Waals surface area contributed by atoms with Crippen LogP contribution in [0.4, 0.5) is 5.69 Å². The van der Waals surface area contributed by atoms with Crippen LogP contribution in [0.1, 0.15) is 30.9 Å². The molecule has 0 atom stereocenters. The molecule has 0 amide bonds. The molecule has 1 rings (SSSR count). The van der Waals surface area contributed by atoms with Gasteiger partial charge in [-0.25, -0.2) is 0 Å². The highest BCUT2D eigenvalue weighted by atomic mass is 16.5. The third-order valence-electron chi connectivity index (χ3n) is 2.38. The molecule has 0 aliphatic heterocycles. The second kappa shape index (κ2) is 4.87. The Kier molecular flexibility index (Phi) is 3.78. The molecular formula is C13H19NO. The maximum atomic E-state index is 5.88. The second-order valence-corrected chi connectivity index (χ2v) is 4.00. The number of rotatable bonds is 4. The Bertz CT molecular complexity index is 356. The van der Waals surface area contributed by atoms with Crippen molar-refractivity contribution < 1.29 is 4.74 Å². The fraction of sp³-hybridized carbons (Fsp3) is 0.385. The first kappa shape index (κ1) is 11.6. The van der Waals surface area contributed by atoms with E-state index in [1.165, 1.54) is 0 Å². The highest BCUT2D eigenvalue weighted by Gasteiger charge is 2.09. The topological polar surface area (TPSA) is 35.2 Å². The van der Waals surface area contributed by atoms with Crippen LogP contribution in [0.25, 0.3) is 0 Å². The van der Waals surface area contributed by atoms with Crippen LogP contribution in [-0.2, 0) is 0 Å². The number of anilines is 1. The molecule has 1 aromatic carbocycles. The zero-order valence-electron chi connectivity index (χ0n) is 9.71. The second-order valence-electron chi connectivity index (χ2n) is 4.00. The minimum absolute atomic E-state index is 0.410. The van der Waals surface area contributed by atoms with Gasteiger partial charge in [0.25, 0.3) is 0 Å². The molecule has 1 aromatic rings. The van der Waals surface area contributed by atoms with E-state index in [-0.39, 0.29) is 0 Å². The van der Waals surface area contributed by atoms with E-state index in [1.54, 1.807) is 6.08 Å². The minimum atomic E-state index is 0.410. The minimum Gasteiger partial charge on any atom is -0.489 e. The van der Waals surface area contributed by atoms with Gasteiger partial charge >= 0.3 is 0 Å². The van der Waals surface area contributed by atoms with E-state index < -0.39 is 0 Å². The largest absolute Gasteiger partial charge is 0.489 e. The molecule has 2 nitrogen and oxygen atoms in total. The van der Waals surface area contributed by atoms with Crippen LogP contribution in [-0.4, -0.2) is 6.61 Å². The lowest BCUT2D eigenvalue weighted by atomic mass is 9.99. The number of hydrogen-bond donors (Lipinski definition) is 1. The highest BCUT2D eigenvalue weighted by molar-refractivity contribution is 5.55. The lowest BCUT2D eigenvalue weighted by Crippen LogP contribution is -2.01. The van der Waals surface area contributed by atoms with Crippen molar-refractivity contribution in [2.24, 2.45) is 0 Å². The molecule has 0 aliphatic rings. The third-order valence-corrected chi connectivity index (χ3v) is 2.38. The summed E-state index contributed by atoms with van der Waals surface area (Å²) >= 11 is 0. The quantitative estimate of drug-likeness (QED) is 0.605. The van der Waals surface area contributed by atoms with Crippen LogP contribution in [0.2, 0.25) is 0 Å². The van der Waals surface area contributed by atoms with Crippen LogP contribution in [0.15, 0.2) is 24.8 Å². The highest BCUT2D eigenvalue weighted by Crippen LogP contribution is 2.30. The molecular weight excluding hydrogens is 186 g/mol. The monoisotopic (exact) mass is 205 g/mol. The normalized spacial score (nSPS) is 10.4. The van der Waals surface area contributed by atoms with E-state index in [0.717, 1.165) is 22.6 Å². The van der Waals surface area contributed by atoms with Crippen molar-refractivity contribution in [1.29, 1.82) is 0 Å². The van der Waals surface area contributed by atoms with Crippen molar-refractivity contribution >= 4 is 5.69 Å². The molecule has 0 bridgehead atoms. The number of ether oxygens (including phenoxy) is 1. The van der Waals surface area contributed by atoms with Crippen molar-refractivity contribution in [3.05, 3.63) is 35.9 Å². The van der Waals surface area contributed by atoms with E-state index in [1.807, 2.05) is 19.1 Å². The number of nitrogen functional groups attached to an aromatic ring is 1. The summed E-state index contributed by atoms with van der Waals surface area (Å²) in [5.74, 6) is 1.32. The summed E-state index contributed by atoms with van der Waals surface area (Å²) in [5.41, 5.74) is 8.91. The summed E-state index contributed by atoms with van der Waals surface area (Å²) in [6.45, 7) is 10.4. The Morgan fingerprint density at radius 2 is 2.13 bits per heavy atom. The van der Waals surface area contributed by atoms with Crippen LogP contribution >= 0.6 is 0 Å². The van der Waals surface area contributed by atoms with E-state index in [0.29, 0.717) is 12.5 Å². The molecule has 0 radical (unpaired) electrons. The maximum absolute atomic E-state index is 5.88. The molecule has 0 heterocycles. The average molecular weight is 205 g/mol. The van der Waals surface area contributed by atoms with Crippen molar-refractivity contribution in [3.63, 3.8) is 0 Å². The zero-order chi connectivity index (χ0) is 11.4. The lowest BCUT2D eigenvalue weighted by molar-refractivity contribution is 0.357. The number of nitrogens with two attached hydrogens (primary N) is 1. The van der Waals surface area contributed by atoms with Crippen molar-refractivity contribution in [1.82, 2.24) is 0 Å². The van der Waals surface area contributed by atoms with Crippen molar-refractivity contribution in [3.8, 4) is 5.75 Å². The van der Waals surface area contributed by atoms with Gasteiger partial charge in [0, 0.05) is 5.69 Å². The average Bonchev–Trinajstić information content (AvgIpc) is 2.19. The number of aryl methyl sites for hydroxylation is 1. The maximum Gasteiger partial charge on any atom is 0.123 e. The Morgan fingerprint density at radius 3 is 2.67 bits per heavy atom. The van der Waals surface area contributed by atoms with Gasteiger partial charge < -0.3 is 10.5 Å². The smallest absolute Gasteiger partial charge is 0.123 e. The first-order valence-corrected chi connectivity index (χ1v) is 5.20. The Hall–Kier alpha value is -1.44. The van der Waals surface area contributed by atoms with Gasteiger partial charge in [-0.05, 0) is 36.1 Å². The molecule has 0 fully saturated rings. The summed E-state index contributed by atoms with van der Waals surface area (Å²) in [6.07, 6.45) is 1.75. The molecule has 82 valence electrons. The fourth-order valence-corrected chi connectivity index (χ4v) is 1.44. The van der Waals surface area contributed by atoms with Gasteiger partial charge in [-0.3, -0.25) is 0 Å². The van der Waals surface area contributed by atoms with Gasteiger partial charge in [-0.15, -0.1) is 0 Å². The van der Waals surface area contributed by atoms with Crippen molar-refractivity contribution in [2.45, 2.75) is 26.7 Å². The van der Waals surface area contributed by atoms with Crippen LogP contribution in [0, 0.1) is 6.92 Å². The van der Waals surface area contributed by atoms with Crippen molar-refractivity contribution in [2.75, 3.05) is 12.3 Å². The third kappa shape index (κ3) is 2.75. The summed E-state index contributed by atoms with van der Waals surface area (Å²) in [7, 11) is 0. The van der Waals surface area contributed by atoms with Gasteiger partial charge in [-0.1, -0.05) is 26.5 Å². The van der Waals surface area contributed by atoms with Gasteiger partial charge in [0.05, 0.1) is 0 Å². The van der Waals surface area contributed by atoms with Crippen LogP contribution in [0.5, 0.6) is 5.75 Å². The Morgan fingerprint density at radius 1 is 1.47 bits per heavy atom. The summed E-state index contributed by atoms with van der Waals surface area (Å²) in [5, 5.41) is 0. The molecule has 15 heavy (non-hydrogen) atoms. The van der Waals surface area contributed by atoms with Crippen LogP contribution in [0.3, 0.4) is 0 Å². The molecule has 2 heteroatoms. The Labute approximate surface area is 91.7 Å². The predicted octanol–water partition coefficient (Wildman–Crippen LogP) is 3.27. The molecule has 0 aliphatic carbocycles. The van der Waals surface area contributed by atoms with Gasteiger partial charge in [0.2, 0.25) is 0 Å². The van der Waals surface area contributed by atoms with E-state index in [9.17, 15) is 0 Å². The van der Waals surface area contributed by atoms with Gasteiger partial charge in [0.15, 0.2) is 0 Å².